The summed E-state index contributed by atoms with van der Waals surface area (Å²) in [6.45, 7) is 2.93. The topological polar surface area (TPSA) is 71.8 Å². The SMILES string of the molecule is COc1ccc2cc(CC(=O)N3CCNCC3)c(=O)oc2c1. The van der Waals surface area contributed by atoms with Gasteiger partial charge in [-0.3, -0.25) is 4.79 Å². The molecular formula is C16H18N2O4. The van der Waals surface area contributed by atoms with Gasteiger partial charge in [-0.25, -0.2) is 4.79 Å². The average molecular weight is 302 g/mol. The largest absolute Gasteiger partial charge is 0.497 e. The van der Waals surface area contributed by atoms with Crippen LogP contribution in [0.25, 0.3) is 11.0 Å². The number of benzene rings is 1. The summed E-state index contributed by atoms with van der Waals surface area (Å²) in [6.07, 6.45) is 0.0737. The van der Waals surface area contributed by atoms with E-state index in [1.807, 2.05) is 6.07 Å². The first-order valence-corrected chi connectivity index (χ1v) is 7.26. The van der Waals surface area contributed by atoms with Crippen molar-refractivity contribution in [3.63, 3.8) is 0 Å². The second kappa shape index (κ2) is 6.19. The number of rotatable bonds is 3. The molecule has 3 rings (SSSR count). The van der Waals surface area contributed by atoms with E-state index >= 15 is 0 Å². The van der Waals surface area contributed by atoms with Gasteiger partial charge in [-0.2, -0.15) is 0 Å². The quantitative estimate of drug-likeness (QED) is 0.848. The maximum Gasteiger partial charge on any atom is 0.339 e. The van der Waals surface area contributed by atoms with E-state index in [4.69, 9.17) is 9.15 Å². The average Bonchev–Trinajstić information content (AvgIpc) is 2.56. The molecule has 0 spiro atoms. The number of carbonyl (C=O) groups excluding carboxylic acids is 1. The molecule has 1 N–H and O–H groups in total. The van der Waals surface area contributed by atoms with Gasteiger partial charge in [0.05, 0.1) is 13.5 Å². The minimum atomic E-state index is -0.468. The van der Waals surface area contributed by atoms with Crippen LogP contribution in [0.5, 0.6) is 5.75 Å². The van der Waals surface area contributed by atoms with Crippen LogP contribution in [0.1, 0.15) is 5.56 Å². The highest BCUT2D eigenvalue weighted by molar-refractivity contribution is 5.82. The molecule has 2 aromatic rings. The molecule has 6 heteroatoms. The molecule has 22 heavy (non-hydrogen) atoms. The molecule has 1 aromatic carbocycles. The lowest BCUT2D eigenvalue weighted by molar-refractivity contribution is -0.131. The molecule has 0 aliphatic carbocycles. The summed E-state index contributed by atoms with van der Waals surface area (Å²) >= 11 is 0. The Kier molecular flexibility index (Phi) is 4.11. The van der Waals surface area contributed by atoms with E-state index in [2.05, 4.69) is 5.32 Å². The van der Waals surface area contributed by atoms with Crippen LogP contribution in [0.4, 0.5) is 0 Å². The standard InChI is InChI=1S/C16H18N2O4/c1-21-13-3-2-11-8-12(16(20)22-14(11)10-13)9-15(19)18-6-4-17-5-7-18/h2-3,8,10,17H,4-7,9H2,1H3. The van der Waals surface area contributed by atoms with Crippen molar-refractivity contribution < 1.29 is 13.9 Å². The summed E-state index contributed by atoms with van der Waals surface area (Å²) in [4.78, 5) is 26.1. The number of carbonyl (C=O) groups is 1. The van der Waals surface area contributed by atoms with Crippen LogP contribution in [-0.2, 0) is 11.2 Å². The van der Waals surface area contributed by atoms with Crippen molar-refractivity contribution in [1.82, 2.24) is 10.2 Å². The summed E-state index contributed by atoms with van der Waals surface area (Å²) in [5.41, 5.74) is 0.383. The summed E-state index contributed by atoms with van der Waals surface area (Å²) in [5, 5.41) is 3.97. The monoisotopic (exact) mass is 302 g/mol. The van der Waals surface area contributed by atoms with E-state index in [0.717, 1.165) is 18.5 Å². The van der Waals surface area contributed by atoms with Gasteiger partial charge in [0.1, 0.15) is 11.3 Å². The maximum atomic E-state index is 12.3. The van der Waals surface area contributed by atoms with Gasteiger partial charge in [0, 0.05) is 43.2 Å². The molecule has 1 aliphatic rings. The van der Waals surface area contributed by atoms with Crippen molar-refractivity contribution in [1.29, 1.82) is 0 Å². The Labute approximate surface area is 127 Å². The van der Waals surface area contributed by atoms with Gasteiger partial charge in [0.2, 0.25) is 5.91 Å². The Bertz CT molecular complexity index is 747. The minimum Gasteiger partial charge on any atom is -0.497 e. The fraction of sp³-hybridized carbons (Fsp3) is 0.375. The normalized spacial score (nSPS) is 15.0. The summed E-state index contributed by atoms with van der Waals surface area (Å²) in [7, 11) is 1.56. The number of nitrogens with zero attached hydrogens (tertiary/aromatic N) is 1. The van der Waals surface area contributed by atoms with Crippen molar-refractivity contribution in [2.75, 3.05) is 33.3 Å². The summed E-state index contributed by atoms with van der Waals surface area (Å²) in [5.74, 6) is 0.585. The number of ether oxygens (including phenoxy) is 1. The first kappa shape index (κ1) is 14.6. The lowest BCUT2D eigenvalue weighted by Crippen LogP contribution is -2.47. The molecule has 1 fully saturated rings. The van der Waals surface area contributed by atoms with Crippen molar-refractivity contribution in [3.8, 4) is 5.75 Å². The number of hydrogen-bond acceptors (Lipinski definition) is 5. The van der Waals surface area contributed by atoms with Crippen molar-refractivity contribution in [2.24, 2.45) is 0 Å². The molecule has 1 aromatic heterocycles. The Hall–Kier alpha value is -2.34. The van der Waals surface area contributed by atoms with Crippen molar-refractivity contribution in [3.05, 3.63) is 40.2 Å². The lowest BCUT2D eigenvalue weighted by atomic mass is 10.1. The number of hydrogen-bond donors (Lipinski definition) is 1. The predicted molar refractivity (Wildman–Crippen MR) is 82.2 cm³/mol. The first-order valence-electron chi connectivity index (χ1n) is 7.26. The molecule has 1 amide bonds. The first-order chi connectivity index (χ1) is 10.7. The van der Waals surface area contributed by atoms with E-state index < -0.39 is 5.63 Å². The van der Waals surface area contributed by atoms with Gasteiger partial charge in [-0.15, -0.1) is 0 Å². The molecule has 0 unspecified atom stereocenters. The van der Waals surface area contributed by atoms with Gasteiger partial charge < -0.3 is 19.4 Å². The second-order valence-corrected chi connectivity index (χ2v) is 5.27. The molecule has 1 saturated heterocycles. The maximum absolute atomic E-state index is 12.3. The molecule has 0 saturated carbocycles. The van der Waals surface area contributed by atoms with Crippen molar-refractivity contribution in [2.45, 2.75) is 6.42 Å². The van der Waals surface area contributed by atoms with E-state index in [1.54, 1.807) is 30.2 Å². The van der Waals surface area contributed by atoms with Crippen LogP contribution in [0.15, 0.2) is 33.5 Å². The fourth-order valence-electron chi connectivity index (χ4n) is 2.57. The smallest absolute Gasteiger partial charge is 0.339 e. The van der Waals surface area contributed by atoms with Crippen LogP contribution >= 0.6 is 0 Å². The van der Waals surface area contributed by atoms with Gasteiger partial charge in [0.15, 0.2) is 0 Å². The molecule has 0 bridgehead atoms. The van der Waals surface area contributed by atoms with Crippen LogP contribution in [-0.4, -0.2) is 44.1 Å². The van der Waals surface area contributed by atoms with Gasteiger partial charge >= 0.3 is 5.63 Å². The molecular weight excluding hydrogens is 284 g/mol. The predicted octanol–water partition coefficient (Wildman–Crippen LogP) is 0.776. The van der Waals surface area contributed by atoms with Gasteiger partial charge in [0.25, 0.3) is 0 Å². The third-order valence-electron chi connectivity index (χ3n) is 3.83. The molecule has 116 valence electrons. The van der Waals surface area contributed by atoms with E-state index in [-0.39, 0.29) is 12.3 Å². The lowest BCUT2D eigenvalue weighted by Gasteiger charge is -2.27. The molecule has 2 heterocycles. The zero-order chi connectivity index (χ0) is 15.5. The number of methoxy groups -OCH3 is 1. The number of nitrogens with one attached hydrogen (secondary N) is 1. The minimum absolute atomic E-state index is 0.0401. The number of amides is 1. The molecule has 0 atom stereocenters. The Morgan fingerprint density at radius 2 is 2.09 bits per heavy atom. The molecule has 6 nitrogen and oxygen atoms in total. The van der Waals surface area contributed by atoms with Crippen LogP contribution in [0.2, 0.25) is 0 Å². The van der Waals surface area contributed by atoms with E-state index in [0.29, 0.717) is 30.0 Å². The Balaban J connectivity index is 1.85. The third kappa shape index (κ3) is 2.96. The second-order valence-electron chi connectivity index (χ2n) is 5.27. The molecule has 1 aliphatic heterocycles. The zero-order valence-corrected chi connectivity index (χ0v) is 12.4. The highest BCUT2D eigenvalue weighted by Gasteiger charge is 2.18. The van der Waals surface area contributed by atoms with Crippen LogP contribution < -0.4 is 15.7 Å². The molecule has 0 radical (unpaired) electrons. The Morgan fingerprint density at radius 3 is 2.82 bits per heavy atom. The number of piperazine rings is 1. The summed E-state index contributed by atoms with van der Waals surface area (Å²) in [6, 6.07) is 7.00. The van der Waals surface area contributed by atoms with Gasteiger partial charge in [-0.1, -0.05) is 0 Å². The number of fused-ring (bicyclic) bond motifs is 1. The zero-order valence-electron chi connectivity index (χ0n) is 12.4. The highest BCUT2D eigenvalue weighted by atomic mass is 16.5. The fourth-order valence-corrected chi connectivity index (χ4v) is 2.57. The van der Waals surface area contributed by atoms with Crippen LogP contribution in [0, 0.1) is 0 Å². The highest BCUT2D eigenvalue weighted by Crippen LogP contribution is 2.20. The van der Waals surface area contributed by atoms with Crippen molar-refractivity contribution >= 4 is 16.9 Å². The third-order valence-corrected chi connectivity index (χ3v) is 3.83. The van der Waals surface area contributed by atoms with E-state index in [9.17, 15) is 9.59 Å². The van der Waals surface area contributed by atoms with Gasteiger partial charge in [-0.05, 0) is 18.2 Å². The van der Waals surface area contributed by atoms with E-state index in [1.165, 1.54) is 0 Å². The summed E-state index contributed by atoms with van der Waals surface area (Å²) < 4.78 is 10.4. The Morgan fingerprint density at radius 1 is 1.32 bits per heavy atom. The van der Waals surface area contributed by atoms with Crippen LogP contribution in [0.3, 0.4) is 0 Å².